The number of halogens is 1. The number of carboxylic acid groups (broad SMARTS) is 2. The highest BCUT2D eigenvalue weighted by Gasteiger charge is 2.29. The highest BCUT2D eigenvalue weighted by molar-refractivity contribution is 7.12. The molecule has 0 aliphatic heterocycles. The fraction of sp³-hybridized carbons (Fsp3) is 0.250. The normalized spacial score (nSPS) is 13.7. The van der Waals surface area contributed by atoms with Crippen molar-refractivity contribution in [2.24, 2.45) is 22.4 Å². The van der Waals surface area contributed by atoms with E-state index in [4.69, 9.17) is 21.3 Å². The number of hydrogen-bond acceptors (Lipinski definition) is 7. The fourth-order valence-electron chi connectivity index (χ4n) is 4.54. The molecule has 0 saturated carbocycles. The van der Waals surface area contributed by atoms with Crippen molar-refractivity contribution in [2.45, 2.75) is 32.2 Å². The second kappa shape index (κ2) is 13.8. The molecule has 1 unspecified atom stereocenters. The minimum Gasteiger partial charge on any atom is -0.481 e. The lowest BCUT2D eigenvalue weighted by Gasteiger charge is -2.30. The first-order valence-electron chi connectivity index (χ1n) is 12.4. The van der Waals surface area contributed by atoms with Crippen LogP contribution in [0.25, 0.3) is 0 Å². The van der Waals surface area contributed by atoms with E-state index in [1.54, 1.807) is 41.8 Å². The number of nitrogens with two attached hydrogens (primary N) is 2. The molecule has 216 valence electrons. The minimum atomic E-state index is -1.05. The van der Waals surface area contributed by atoms with E-state index in [1.807, 2.05) is 6.07 Å². The third-order valence-corrected chi connectivity index (χ3v) is 7.44. The van der Waals surface area contributed by atoms with Crippen LogP contribution in [-0.2, 0) is 29.0 Å². The molecule has 41 heavy (non-hydrogen) atoms. The van der Waals surface area contributed by atoms with E-state index in [0.29, 0.717) is 41.8 Å². The number of aryl methyl sites for hydroxylation is 1. The van der Waals surface area contributed by atoms with Gasteiger partial charge in [-0.15, -0.1) is 23.7 Å². The second-order valence-electron chi connectivity index (χ2n) is 9.37. The number of carbonyl (C=O) groups excluding carboxylic acids is 2. The molecule has 1 amide bonds. The number of fused-ring (bicyclic) bond motifs is 1. The molecule has 1 aliphatic carbocycles. The van der Waals surface area contributed by atoms with Crippen molar-refractivity contribution in [2.75, 3.05) is 6.54 Å². The summed E-state index contributed by atoms with van der Waals surface area (Å²) in [5, 5.41) is 20.0. The number of benzene rings is 2. The fourth-order valence-corrected chi connectivity index (χ4v) is 5.28. The summed E-state index contributed by atoms with van der Waals surface area (Å²) in [5.74, 6) is -2.82. The van der Waals surface area contributed by atoms with Gasteiger partial charge in [-0.1, -0.05) is 6.07 Å². The van der Waals surface area contributed by atoms with Crippen molar-refractivity contribution in [1.82, 2.24) is 4.90 Å². The maximum absolute atomic E-state index is 13.4. The standard InChI is InChI=1S/C28H28N4O7S.ClH/c29-28(30)31-21-6-3-17(4-7-21)27(38)39-22-8-5-18-12-20(2-1-19(18)13-22)25(35)32(10-9-24(33)34)14-16-11-23(26(36)37)40-15-16;/h3-8,11,13,15,20H,1-2,9-10,12,14H2,(H,33,34)(H,36,37)(H4,29,30,31);1H. The van der Waals surface area contributed by atoms with Gasteiger partial charge in [0.1, 0.15) is 10.6 Å². The molecule has 1 atom stereocenters. The van der Waals surface area contributed by atoms with E-state index in [-0.39, 0.29) is 54.6 Å². The number of carboxylic acids is 2. The van der Waals surface area contributed by atoms with Gasteiger partial charge in [-0.3, -0.25) is 9.59 Å². The monoisotopic (exact) mass is 600 g/mol. The van der Waals surface area contributed by atoms with Gasteiger partial charge in [0.2, 0.25) is 5.91 Å². The summed E-state index contributed by atoms with van der Waals surface area (Å²) >= 11 is 1.06. The summed E-state index contributed by atoms with van der Waals surface area (Å²) in [6, 6.07) is 13.1. The molecule has 13 heteroatoms. The Hall–Kier alpha value is -4.42. The van der Waals surface area contributed by atoms with Crippen LogP contribution in [-0.4, -0.2) is 51.4 Å². The summed E-state index contributed by atoms with van der Waals surface area (Å²) in [5.41, 5.74) is 14.1. The lowest BCUT2D eigenvalue weighted by molar-refractivity contribution is -0.140. The number of aliphatic carboxylic acids is 1. The van der Waals surface area contributed by atoms with E-state index < -0.39 is 17.9 Å². The Labute approximate surface area is 245 Å². The van der Waals surface area contributed by atoms with Gasteiger partial charge in [-0.2, -0.15) is 0 Å². The van der Waals surface area contributed by atoms with Gasteiger partial charge in [-0.25, -0.2) is 14.6 Å². The first-order chi connectivity index (χ1) is 19.1. The summed E-state index contributed by atoms with van der Waals surface area (Å²) in [6.07, 6.45) is 1.38. The summed E-state index contributed by atoms with van der Waals surface area (Å²) in [6.45, 7) is 0.165. The molecule has 2 aromatic carbocycles. The molecule has 1 aromatic heterocycles. The van der Waals surface area contributed by atoms with E-state index in [1.165, 1.54) is 11.0 Å². The molecule has 0 saturated heterocycles. The topological polar surface area (TPSA) is 186 Å². The van der Waals surface area contributed by atoms with Crippen LogP contribution >= 0.6 is 23.7 Å². The molecule has 4 rings (SSSR count). The number of aromatic carboxylic acids is 1. The molecule has 0 fully saturated rings. The van der Waals surface area contributed by atoms with Crippen molar-refractivity contribution >= 4 is 59.2 Å². The largest absolute Gasteiger partial charge is 0.481 e. The number of nitrogens with zero attached hydrogens (tertiary/aromatic N) is 2. The highest BCUT2D eigenvalue weighted by atomic mass is 35.5. The third kappa shape index (κ3) is 8.29. The molecular weight excluding hydrogens is 572 g/mol. The average molecular weight is 601 g/mol. The van der Waals surface area contributed by atoms with Gasteiger partial charge in [0.15, 0.2) is 5.96 Å². The smallest absolute Gasteiger partial charge is 0.345 e. The molecular formula is C28H29ClN4O7S. The Morgan fingerprint density at radius 3 is 2.39 bits per heavy atom. The summed E-state index contributed by atoms with van der Waals surface area (Å²) in [4.78, 5) is 54.0. The quantitative estimate of drug-likeness (QED) is 0.117. The predicted molar refractivity (Wildman–Crippen MR) is 155 cm³/mol. The van der Waals surface area contributed by atoms with Crippen LogP contribution < -0.4 is 16.2 Å². The summed E-state index contributed by atoms with van der Waals surface area (Å²) in [7, 11) is 0. The number of guanidine groups is 1. The maximum Gasteiger partial charge on any atom is 0.345 e. The van der Waals surface area contributed by atoms with Gasteiger partial charge in [-0.05, 0) is 83.8 Å². The van der Waals surface area contributed by atoms with Crippen molar-refractivity contribution < 1.29 is 34.1 Å². The van der Waals surface area contributed by atoms with Crippen molar-refractivity contribution in [1.29, 1.82) is 0 Å². The molecule has 3 aromatic rings. The van der Waals surface area contributed by atoms with Crippen LogP contribution in [0.1, 0.15) is 49.6 Å². The number of hydrogen-bond donors (Lipinski definition) is 4. The number of carbonyl (C=O) groups is 4. The first kappa shape index (κ1) is 31.1. The zero-order valence-electron chi connectivity index (χ0n) is 21.8. The van der Waals surface area contributed by atoms with Crippen molar-refractivity contribution in [3.8, 4) is 5.75 Å². The number of aliphatic imine (C=N–C) groups is 1. The van der Waals surface area contributed by atoms with E-state index in [9.17, 15) is 24.3 Å². The molecule has 11 nitrogen and oxygen atoms in total. The number of thiophene rings is 1. The Kier molecular flexibility index (Phi) is 10.5. The first-order valence-corrected chi connectivity index (χ1v) is 13.3. The van der Waals surface area contributed by atoms with Crippen LogP contribution in [0.4, 0.5) is 5.69 Å². The number of amides is 1. The van der Waals surface area contributed by atoms with E-state index in [2.05, 4.69) is 4.99 Å². The van der Waals surface area contributed by atoms with Crippen molar-refractivity contribution in [3.05, 3.63) is 81.0 Å². The van der Waals surface area contributed by atoms with E-state index in [0.717, 1.165) is 22.5 Å². The van der Waals surface area contributed by atoms with Crippen LogP contribution in [0.3, 0.4) is 0 Å². The van der Waals surface area contributed by atoms with Crippen molar-refractivity contribution in [3.63, 3.8) is 0 Å². The minimum absolute atomic E-state index is 0. The highest BCUT2D eigenvalue weighted by Crippen LogP contribution is 2.31. The number of rotatable bonds is 10. The summed E-state index contributed by atoms with van der Waals surface area (Å²) < 4.78 is 5.54. The lowest BCUT2D eigenvalue weighted by atomic mass is 9.83. The Balaban J connectivity index is 0.00000462. The number of ether oxygens (including phenoxy) is 1. The third-order valence-electron chi connectivity index (χ3n) is 6.47. The molecule has 6 N–H and O–H groups in total. The van der Waals surface area contributed by atoms with Gasteiger partial charge in [0, 0.05) is 19.0 Å². The predicted octanol–water partition coefficient (Wildman–Crippen LogP) is 3.60. The molecule has 0 radical (unpaired) electrons. The van der Waals surface area contributed by atoms with Gasteiger partial charge < -0.3 is 31.3 Å². The van der Waals surface area contributed by atoms with Crippen LogP contribution in [0.5, 0.6) is 5.75 Å². The second-order valence-corrected chi connectivity index (χ2v) is 10.3. The Bertz CT molecular complexity index is 1470. The van der Waals surface area contributed by atoms with Gasteiger partial charge in [0.05, 0.1) is 17.7 Å². The molecule has 1 aliphatic rings. The SMILES string of the molecule is Cl.NC(N)=Nc1ccc(C(=O)Oc2ccc3c(c2)CCC(C(=O)N(CCC(=O)O)Cc2csc(C(=O)O)c2)C3)cc1. The van der Waals surface area contributed by atoms with E-state index >= 15 is 0 Å². The lowest BCUT2D eigenvalue weighted by Crippen LogP contribution is -2.39. The zero-order chi connectivity index (χ0) is 28.8. The molecule has 0 spiro atoms. The maximum atomic E-state index is 13.4. The van der Waals surface area contributed by atoms with Crippen LogP contribution in [0.15, 0.2) is 58.9 Å². The zero-order valence-corrected chi connectivity index (χ0v) is 23.5. The molecule has 0 bridgehead atoms. The van der Waals surface area contributed by atoms with Gasteiger partial charge >= 0.3 is 17.9 Å². The average Bonchev–Trinajstić information content (AvgIpc) is 3.39. The Morgan fingerprint density at radius 2 is 1.76 bits per heavy atom. The Morgan fingerprint density at radius 1 is 1.02 bits per heavy atom. The van der Waals surface area contributed by atoms with Gasteiger partial charge in [0.25, 0.3) is 0 Å². The van der Waals surface area contributed by atoms with Crippen LogP contribution in [0.2, 0.25) is 0 Å². The molecule has 1 heterocycles. The number of esters is 1. The van der Waals surface area contributed by atoms with Crippen LogP contribution in [0, 0.1) is 5.92 Å².